The summed E-state index contributed by atoms with van der Waals surface area (Å²) in [7, 11) is 0. The fraction of sp³-hybridized carbons (Fsp3) is 0.455. The quantitative estimate of drug-likeness (QED) is 0.635. The Labute approximate surface area is 100 Å². The molecule has 6 nitrogen and oxygen atoms in total. The van der Waals surface area contributed by atoms with E-state index in [1.165, 1.54) is 0 Å². The summed E-state index contributed by atoms with van der Waals surface area (Å²) in [4.78, 5) is 19.4. The first kappa shape index (κ1) is 13.1. The van der Waals surface area contributed by atoms with E-state index in [1.807, 2.05) is 6.92 Å². The number of rotatable bonds is 4. The maximum absolute atomic E-state index is 11.1. The highest BCUT2D eigenvalue weighted by Crippen LogP contribution is 2.03. The molecule has 0 atom stereocenters. The van der Waals surface area contributed by atoms with Crippen molar-refractivity contribution in [2.75, 3.05) is 6.61 Å². The van der Waals surface area contributed by atoms with Gasteiger partial charge in [-0.25, -0.2) is 10.2 Å². The number of hydrogen-bond donors (Lipinski definition) is 1. The van der Waals surface area contributed by atoms with Crippen LogP contribution < -0.4 is 5.43 Å². The van der Waals surface area contributed by atoms with E-state index in [0.29, 0.717) is 18.0 Å². The molecule has 0 spiro atoms. The van der Waals surface area contributed by atoms with Gasteiger partial charge >= 0.3 is 6.09 Å². The third-order valence-corrected chi connectivity index (χ3v) is 2.04. The predicted molar refractivity (Wildman–Crippen MR) is 63.8 cm³/mol. The van der Waals surface area contributed by atoms with Gasteiger partial charge in [0.2, 0.25) is 0 Å². The van der Waals surface area contributed by atoms with Crippen LogP contribution >= 0.6 is 0 Å². The largest absolute Gasteiger partial charge is 0.449 e. The Balaban J connectivity index is 2.77. The van der Waals surface area contributed by atoms with E-state index in [1.54, 1.807) is 26.2 Å². The number of aryl methyl sites for hydroxylation is 1. The highest BCUT2D eigenvalue weighted by Gasteiger charge is 2.07. The summed E-state index contributed by atoms with van der Waals surface area (Å²) in [6.45, 7) is 5.79. The molecule has 1 heterocycles. The second kappa shape index (κ2) is 6.57. The number of carbonyl (C=O) groups is 1. The average Bonchev–Trinajstić information content (AvgIpc) is 2.36. The molecule has 0 aliphatic carbocycles. The summed E-state index contributed by atoms with van der Waals surface area (Å²) in [5, 5.41) is 3.91. The first-order valence-corrected chi connectivity index (χ1v) is 5.46. The van der Waals surface area contributed by atoms with Crippen molar-refractivity contribution in [3.63, 3.8) is 0 Å². The summed E-state index contributed by atoms with van der Waals surface area (Å²) in [5.74, 6) is 0. The smallest absolute Gasteiger partial charge is 0.427 e. The summed E-state index contributed by atoms with van der Waals surface area (Å²) in [6.07, 6.45) is 3.41. The third kappa shape index (κ3) is 3.82. The molecule has 1 rings (SSSR count). The first-order valence-electron chi connectivity index (χ1n) is 5.46. The molecule has 92 valence electrons. The lowest BCUT2D eigenvalue weighted by Gasteiger charge is -2.05. The van der Waals surface area contributed by atoms with E-state index >= 15 is 0 Å². The average molecular weight is 236 g/mol. The molecule has 17 heavy (non-hydrogen) atoms. The van der Waals surface area contributed by atoms with Crippen molar-refractivity contribution >= 4 is 11.8 Å². The zero-order valence-electron chi connectivity index (χ0n) is 10.2. The molecule has 0 saturated carbocycles. The summed E-state index contributed by atoms with van der Waals surface area (Å²) in [5.41, 5.74) is 4.43. The van der Waals surface area contributed by atoms with Crippen LogP contribution in [-0.2, 0) is 11.2 Å². The van der Waals surface area contributed by atoms with Crippen LogP contribution in [0.25, 0.3) is 0 Å². The van der Waals surface area contributed by atoms with E-state index in [4.69, 9.17) is 4.74 Å². The Bertz CT molecular complexity index is 418. The van der Waals surface area contributed by atoms with Gasteiger partial charge in [0.1, 0.15) is 5.69 Å². The highest BCUT2D eigenvalue weighted by molar-refractivity contribution is 5.98. The molecule has 0 aromatic carbocycles. The molecule has 1 amide bonds. The fourth-order valence-corrected chi connectivity index (χ4v) is 1.27. The van der Waals surface area contributed by atoms with Crippen LogP contribution in [0.3, 0.4) is 0 Å². The van der Waals surface area contributed by atoms with Gasteiger partial charge < -0.3 is 4.74 Å². The summed E-state index contributed by atoms with van der Waals surface area (Å²) in [6, 6.07) is 0. The van der Waals surface area contributed by atoms with Crippen molar-refractivity contribution in [2.45, 2.75) is 27.2 Å². The van der Waals surface area contributed by atoms with Crippen LogP contribution in [0.2, 0.25) is 0 Å². The molecule has 0 aliphatic rings. The molecule has 6 heteroatoms. The van der Waals surface area contributed by atoms with Crippen LogP contribution in [0, 0.1) is 0 Å². The zero-order valence-corrected chi connectivity index (χ0v) is 10.2. The lowest BCUT2D eigenvalue weighted by molar-refractivity contribution is 0.152. The first-order chi connectivity index (χ1) is 8.19. The lowest BCUT2D eigenvalue weighted by atomic mass is 10.2. The van der Waals surface area contributed by atoms with E-state index in [0.717, 1.165) is 12.1 Å². The SMILES string of the molecule is CCOC(=O)NN=C(C)c1nccnc1CC. The van der Waals surface area contributed by atoms with Crippen molar-refractivity contribution in [1.82, 2.24) is 15.4 Å². The molecular formula is C11H16N4O2. The molecule has 0 bridgehead atoms. The number of aromatic nitrogens is 2. The van der Waals surface area contributed by atoms with Gasteiger partial charge in [0, 0.05) is 12.4 Å². The van der Waals surface area contributed by atoms with Crippen LogP contribution in [-0.4, -0.2) is 28.4 Å². The van der Waals surface area contributed by atoms with E-state index in [2.05, 4.69) is 20.5 Å². The van der Waals surface area contributed by atoms with Gasteiger partial charge in [-0.05, 0) is 20.3 Å². The van der Waals surface area contributed by atoms with Crippen molar-refractivity contribution in [3.05, 3.63) is 23.8 Å². The molecule has 0 radical (unpaired) electrons. The summed E-state index contributed by atoms with van der Waals surface area (Å²) < 4.78 is 4.69. The number of nitrogens with zero attached hydrogens (tertiary/aromatic N) is 3. The molecule has 0 fully saturated rings. The van der Waals surface area contributed by atoms with E-state index < -0.39 is 6.09 Å². The Morgan fingerprint density at radius 1 is 1.41 bits per heavy atom. The topological polar surface area (TPSA) is 76.5 Å². The lowest BCUT2D eigenvalue weighted by Crippen LogP contribution is -2.21. The maximum Gasteiger partial charge on any atom is 0.427 e. The minimum atomic E-state index is -0.575. The van der Waals surface area contributed by atoms with Crippen molar-refractivity contribution < 1.29 is 9.53 Å². The van der Waals surface area contributed by atoms with Crippen LogP contribution in [0.15, 0.2) is 17.5 Å². The highest BCUT2D eigenvalue weighted by atomic mass is 16.5. The monoisotopic (exact) mass is 236 g/mol. The van der Waals surface area contributed by atoms with Gasteiger partial charge in [0.25, 0.3) is 0 Å². The van der Waals surface area contributed by atoms with Gasteiger partial charge in [0.15, 0.2) is 0 Å². The normalized spacial score (nSPS) is 11.1. The standard InChI is InChI=1S/C11H16N4O2/c1-4-9-10(13-7-6-12-9)8(3)14-15-11(16)17-5-2/h6-7H,4-5H2,1-3H3,(H,15,16). The minimum absolute atomic E-state index is 0.311. The molecule has 0 unspecified atom stereocenters. The summed E-state index contributed by atoms with van der Waals surface area (Å²) >= 11 is 0. The van der Waals surface area contributed by atoms with Crippen LogP contribution in [0.4, 0.5) is 4.79 Å². The fourth-order valence-electron chi connectivity index (χ4n) is 1.27. The number of carbonyl (C=O) groups excluding carboxylic acids is 1. The Morgan fingerprint density at radius 2 is 2.12 bits per heavy atom. The predicted octanol–water partition coefficient (Wildman–Crippen LogP) is 1.51. The van der Waals surface area contributed by atoms with Crippen molar-refractivity contribution in [3.8, 4) is 0 Å². The number of hydrogen-bond acceptors (Lipinski definition) is 5. The van der Waals surface area contributed by atoms with Gasteiger partial charge in [-0.15, -0.1) is 0 Å². The van der Waals surface area contributed by atoms with Gasteiger partial charge in [-0.3, -0.25) is 9.97 Å². The van der Waals surface area contributed by atoms with Gasteiger partial charge in [0.05, 0.1) is 18.0 Å². The zero-order chi connectivity index (χ0) is 12.7. The van der Waals surface area contributed by atoms with Crippen molar-refractivity contribution in [1.29, 1.82) is 0 Å². The van der Waals surface area contributed by atoms with Gasteiger partial charge in [-0.2, -0.15) is 5.10 Å². The Kier molecular flexibility index (Phi) is 5.06. The molecule has 1 N–H and O–H groups in total. The number of amides is 1. The van der Waals surface area contributed by atoms with Crippen LogP contribution in [0.1, 0.15) is 32.2 Å². The van der Waals surface area contributed by atoms with E-state index in [9.17, 15) is 4.79 Å². The van der Waals surface area contributed by atoms with Crippen molar-refractivity contribution in [2.24, 2.45) is 5.10 Å². The van der Waals surface area contributed by atoms with E-state index in [-0.39, 0.29) is 0 Å². The molecule has 0 saturated heterocycles. The molecule has 1 aromatic heterocycles. The van der Waals surface area contributed by atoms with Gasteiger partial charge in [-0.1, -0.05) is 6.92 Å². The number of ether oxygens (including phenoxy) is 1. The number of hydrazone groups is 1. The molecule has 0 aliphatic heterocycles. The maximum atomic E-state index is 11.1. The second-order valence-electron chi connectivity index (χ2n) is 3.23. The number of nitrogens with one attached hydrogen (secondary N) is 1. The minimum Gasteiger partial charge on any atom is -0.449 e. The Hall–Kier alpha value is -1.98. The van der Waals surface area contributed by atoms with Crippen LogP contribution in [0.5, 0.6) is 0 Å². The second-order valence-corrected chi connectivity index (χ2v) is 3.23. The Morgan fingerprint density at radius 3 is 2.76 bits per heavy atom. The third-order valence-electron chi connectivity index (χ3n) is 2.04. The molecular weight excluding hydrogens is 220 g/mol. The molecule has 1 aromatic rings.